The zero-order chi connectivity index (χ0) is 25.9. The summed E-state index contributed by atoms with van der Waals surface area (Å²) in [7, 11) is 0. The Labute approximate surface area is 229 Å². The third-order valence-corrected chi connectivity index (χ3v) is 8.31. The Kier molecular flexibility index (Phi) is 7.44. The molecule has 0 spiro atoms. The van der Waals surface area contributed by atoms with Crippen molar-refractivity contribution in [3.8, 4) is 17.1 Å². The number of likely N-dealkylation sites (tertiary alicyclic amines) is 1. The number of hydrogen-bond donors (Lipinski definition) is 1. The van der Waals surface area contributed by atoms with Crippen LogP contribution in [0, 0.1) is 0 Å². The molecule has 0 radical (unpaired) electrons. The van der Waals surface area contributed by atoms with Crippen molar-refractivity contribution in [1.82, 2.24) is 34.5 Å². The Morgan fingerprint density at radius 1 is 1.03 bits per heavy atom. The molecule has 38 heavy (non-hydrogen) atoms. The van der Waals surface area contributed by atoms with Crippen LogP contribution in [-0.4, -0.2) is 79.3 Å². The lowest BCUT2D eigenvalue weighted by Crippen LogP contribution is -2.58. The highest BCUT2D eigenvalue weighted by atomic mass is 35.5. The molecule has 5 heterocycles. The van der Waals surface area contributed by atoms with Crippen molar-refractivity contribution in [1.29, 1.82) is 0 Å². The van der Waals surface area contributed by atoms with Crippen LogP contribution in [0.2, 0.25) is 5.02 Å². The fraction of sp³-hybridized carbons (Fsp3) is 0.414. The molecule has 198 valence electrons. The first kappa shape index (κ1) is 25.1. The number of nitrogens with one attached hydrogen (secondary N) is 1. The van der Waals surface area contributed by atoms with Gasteiger partial charge in [0.05, 0.1) is 10.7 Å². The molecule has 0 unspecified atom stereocenters. The number of imidazole rings is 1. The van der Waals surface area contributed by atoms with Gasteiger partial charge in [-0.25, -0.2) is 14.6 Å². The minimum absolute atomic E-state index is 0.512. The van der Waals surface area contributed by atoms with Gasteiger partial charge in [0.15, 0.2) is 0 Å². The zero-order valence-corrected chi connectivity index (χ0v) is 22.6. The van der Waals surface area contributed by atoms with E-state index in [0.717, 1.165) is 68.6 Å². The highest BCUT2D eigenvalue weighted by Gasteiger charge is 2.34. The lowest BCUT2D eigenvalue weighted by molar-refractivity contribution is 0.0610. The third kappa shape index (κ3) is 5.34. The molecule has 0 aliphatic carbocycles. The Morgan fingerprint density at radius 3 is 2.55 bits per heavy atom. The van der Waals surface area contributed by atoms with Crippen molar-refractivity contribution in [2.75, 3.05) is 37.6 Å². The van der Waals surface area contributed by atoms with Crippen molar-refractivity contribution >= 4 is 17.4 Å². The minimum Gasteiger partial charge on any atom is -0.353 e. The molecule has 0 saturated carbocycles. The molecule has 6 rings (SSSR count). The van der Waals surface area contributed by atoms with E-state index in [2.05, 4.69) is 61.0 Å². The number of pyridine rings is 1. The SMILES string of the molecule is CC[C@H]1CN(c2ncc(-c3ncc[nH]3)cc2Cl)CCN1C1CCN(Cc2ccc(-n3cccn3)cc2)CC1. The lowest BCUT2D eigenvalue weighted by atomic mass is 9.97. The maximum atomic E-state index is 6.70. The zero-order valence-electron chi connectivity index (χ0n) is 21.9. The summed E-state index contributed by atoms with van der Waals surface area (Å²) in [4.78, 5) is 19.9. The van der Waals surface area contributed by atoms with Crippen LogP contribution in [0.15, 0.2) is 67.4 Å². The number of halogens is 1. The standard InChI is InChI=1S/C29H35ClN8/c1-2-24-21-36(29-27(30)18-23(19-33-29)28-31-11-12-32-28)16-17-37(24)25-8-14-35(15-9-25)20-22-4-6-26(7-5-22)38-13-3-10-34-38/h3-7,10-13,18-19,24-25H,2,8-9,14-17,20-21H2,1H3,(H,31,32)/t24-/m0/s1. The first-order valence-electron chi connectivity index (χ1n) is 13.6. The van der Waals surface area contributed by atoms with Gasteiger partial charge in [0, 0.05) is 74.8 Å². The lowest BCUT2D eigenvalue weighted by Gasteiger charge is -2.47. The predicted molar refractivity (Wildman–Crippen MR) is 152 cm³/mol. The average Bonchev–Trinajstić information content (AvgIpc) is 3.69. The first-order chi connectivity index (χ1) is 18.7. The second-order valence-corrected chi connectivity index (χ2v) is 10.7. The predicted octanol–water partition coefficient (Wildman–Crippen LogP) is 4.88. The second-order valence-electron chi connectivity index (χ2n) is 10.3. The maximum Gasteiger partial charge on any atom is 0.147 e. The highest BCUT2D eigenvalue weighted by Crippen LogP contribution is 2.31. The first-order valence-corrected chi connectivity index (χ1v) is 14.0. The van der Waals surface area contributed by atoms with Crippen LogP contribution in [0.4, 0.5) is 5.82 Å². The summed E-state index contributed by atoms with van der Waals surface area (Å²) in [5.74, 6) is 1.67. The number of anilines is 1. The average molecular weight is 531 g/mol. The van der Waals surface area contributed by atoms with Gasteiger partial charge < -0.3 is 9.88 Å². The Bertz CT molecular complexity index is 1300. The molecule has 2 fully saturated rings. The number of rotatable bonds is 7. The molecular formula is C29H35ClN8. The molecule has 3 aromatic heterocycles. The molecular weight excluding hydrogens is 496 g/mol. The molecule has 1 atom stereocenters. The molecule has 1 aromatic carbocycles. The van der Waals surface area contributed by atoms with E-state index in [1.54, 1.807) is 6.20 Å². The summed E-state index contributed by atoms with van der Waals surface area (Å²) in [5.41, 5.74) is 3.38. The van der Waals surface area contributed by atoms with Gasteiger partial charge in [0.25, 0.3) is 0 Å². The van der Waals surface area contributed by atoms with Crippen molar-refractivity contribution < 1.29 is 0 Å². The largest absolute Gasteiger partial charge is 0.353 e. The number of piperidine rings is 1. The van der Waals surface area contributed by atoms with Crippen LogP contribution in [-0.2, 0) is 6.54 Å². The van der Waals surface area contributed by atoms with Gasteiger partial charge in [-0.05, 0) is 62.2 Å². The monoisotopic (exact) mass is 530 g/mol. The van der Waals surface area contributed by atoms with Crippen LogP contribution in [0.5, 0.6) is 0 Å². The summed E-state index contributed by atoms with van der Waals surface area (Å²) in [5, 5.41) is 5.01. The number of benzene rings is 1. The van der Waals surface area contributed by atoms with E-state index in [9.17, 15) is 0 Å². The van der Waals surface area contributed by atoms with E-state index in [1.807, 2.05) is 41.6 Å². The Hall–Kier alpha value is -3.20. The number of aromatic nitrogens is 5. The van der Waals surface area contributed by atoms with Gasteiger partial charge in [-0.2, -0.15) is 5.10 Å². The normalized spacial score (nSPS) is 19.7. The number of H-pyrrole nitrogens is 1. The summed E-state index contributed by atoms with van der Waals surface area (Å²) < 4.78 is 1.90. The summed E-state index contributed by atoms with van der Waals surface area (Å²) in [6.07, 6.45) is 12.8. The quantitative estimate of drug-likeness (QED) is 0.367. The van der Waals surface area contributed by atoms with E-state index in [4.69, 9.17) is 16.6 Å². The van der Waals surface area contributed by atoms with Crippen LogP contribution < -0.4 is 4.90 Å². The van der Waals surface area contributed by atoms with Crippen molar-refractivity contribution in [2.24, 2.45) is 0 Å². The van der Waals surface area contributed by atoms with E-state index in [0.29, 0.717) is 17.1 Å². The van der Waals surface area contributed by atoms with Crippen molar-refractivity contribution in [3.63, 3.8) is 0 Å². The Balaban J connectivity index is 1.03. The molecule has 8 nitrogen and oxygen atoms in total. The smallest absolute Gasteiger partial charge is 0.147 e. The van der Waals surface area contributed by atoms with Crippen LogP contribution in [0.25, 0.3) is 17.1 Å². The molecule has 0 amide bonds. The summed E-state index contributed by atoms with van der Waals surface area (Å²) in [6, 6.07) is 13.9. The maximum absolute atomic E-state index is 6.70. The number of aromatic amines is 1. The fourth-order valence-corrected chi connectivity index (χ4v) is 6.25. The summed E-state index contributed by atoms with van der Waals surface area (Å²) >= 11 is 6.70. The van der Waals surface area contributed by atoms with Gasteiger partial charge in [-0.1, -0.05) is 30.7 Å². The topological polar surface area (TPSA) is 69.1 Å². The van der Waals surface area contributed by atoms with Gasteiger partial charge in [-0.15, -0.1) is 0 Å². The molecule has 4 aromatic rings. The van der Waals surface area contributed by atoms with E-state index < -0.39 is 0 Å². The van der Waals surface area contributed by atoms with E-state index in [-0.39, 0.29) is 0 Å². The summed E-state index contributed by atoms with van der Waals surface area (Å²) in [6.45, 7) is 8.56. The minimum atomic E-state index is 0.512. The van der Waals surface area contributed by atoms with Crippen LogP contribution in [0.1, 0.15) is 31.7 Å². The van der Waals surface area contributed by atoms with Crippen molar-refractivity contribution in [2.45, 2.75) is 44.8 Å². The van der Waals surface area contributed by atoms with Crippen molar-refractivity contribution in [3.05, 3.63) is 78.0 Å². The van der Waals surface area contributed by atoms with Gasteiger partial charge >= 0.3 is 0 Å². The molecule has 2 aliphatic heterocycles. The second kappa shape index (κ2) is 11.3. The van der Waals surface area contributed by atoms with Crippen LogP contribution in [0.3, 0.4) is 0 Å². The number of piperazine rings is 1. The Morgan fingerprint density at radius 2 is 1.87 bits per heavy atom. The third-order valence-electron chi connectivity index (χ3n) is 8.03. The highest BCUT2D eigenvalue weighted by molar-refractivity contribution is 6.33. The van der Waals surface area contributed by atoms with E-state index >= 15 is 0 Å². The van der Waals surface area contributed by atoms with Gasteiger partial charge in [-0.3, -0.25) is 9.80 Å². The van der Waals surface area contributed by atoms with Gasteiger partial charge in [0.2, 0.25) is 0 Å². The molecule has 2 saturated heterocycles. The number of hydrogen-bond acceptors (Lipinski definition) is 6. The number of nitrogens with zero attached hydrogens (tertiary/aromatic N) is 7. The van der Waals surface area contributed by atoms with Crippen LogP contribution >= 0.6 is 11.6 Å². The fourth-order valence-electron chi connectivity index (χ4n) is 5.96. The molecule has 2 aliphatic rings. The van der Waals surface area contributed by atoms with E-state index in [1.165, 1.54) is 18.4 Å². The van der Waals surface area contributed by atoms with Gasteiger partial charge in [0.1, 0.15) is 11.6 Å². The molecule has 9 heteroatoms. The molecule has 1 N–H and O–H groups in total. The molecule has 0 bridgehead atoms.